The largest absolute Gasteiger partial charge is 0.356 e. The number of rotatable bonds is 10. The van der Waals surface area contributed by atoms with E-state index in [9.17, 15) is 4.79 Å². The lowest BCUT2D eigenvalue weighted by molar-refractivity contribution is -0.121. The molecule has 1 heterocycles. The molecule has 1 aliphatic heterocycles. The van der Waals surface area contributed by atoms with E-state index in [1.165, 1.54) is 38.5 Å². The van der Waals surface area contributed by atoms with Gasteiger partial charge in [-0.25, -0.2) is 0 Å². The Balaban J connectivity index is 1.87. The summed E-state index contributed by atoms with van der Waals surface area (Å²) in [6.45, 7) is 7.68. The van der Waals surface area contributed by atoms with E-state index in [0.717, 1.165) is 50.7 Å². The second-order valence-corrected chi connectivity index (χ2v) is 6.68. The predicted octanol–water partition coefficient (Wildman–Crippen LogP) is 3.49. The van der Waals surface area contributed by atoms with E-state index in [4.69, 9.17) is 0 Å². The summed E-state index contributed by atoms with van der Waals surface area (Å²) < 4.78 is 0. The van der Waals surface area contributed by atoms with E-state index in [1.54, 1.807) is 0 Å². The van der Waals surface area contributed by atoms with Crippen molar-refractivity contribution in [3.63, 3.8) is 0 Å². The molecule has 0 spiro atoms. The molecule has 0 saturated carbocycles. The number of unbranched alkanes of at least 4 members (excludes halogenated alkanes) is 3. The van der Waals surface area contributed by atoms with Crippen LogP contribution < -0.4 is 10.6 Å². The Morgan fingerprint density at radius 2 is 1.85 bits per heavy atom. The molecule has 0 aromatic rings. The zero-order chi connectivity index (χ0) is 14.6. The first kappa shape index (κ1) is 17.5. The minimum Gasteiger partial charge on any atom is -0.356 e. The molecule has 3 nitrogen and oxygen atoms in total. The summed E-state index contributed by atoms with van der Waals surface area (Å²) in [5, 5.41) is 6.43. The average molecular weight is 282 g/mol. The maximum atomic E-state index is 11.7. The van der Waals surface area contributed by atoms with Gasteiger partial charge in [-0.1, -0.05) is 39.5 Å². The van der Waals surface area contributed by atoms with Gasteiger partial charge in [0.2, 0.25) is 5.91 Å². The number of amides is 1. The Hall–Kier alpha value is -0.570. The molecule has 1 fully saturated rings. The summed E-state index contributed by atoms with van der Waals surface area (Å²) in [6.07, 6.45) is 10.6. The van der Waals surface area contributed by atoms with Gasteiger partial charge in [0, 0.05) is 13.0 Å². The lowest BCUT2D eigenvalue weighted by atomic mass is 9.93. The Morgan fingerprint density at radius 1 is 1.15 bits per heavy atom. The van der Waals surface area contributed by atoms with Crippen LogP contribution in [0.15, 0.2) is 0 Å². The smallest absolute Gasteiger partial charge is 0.220 e. The summed E-state index contributed by atoms with van der Waals surface area (Å²) in [6, 6.07) is 0. The molecule has 0 aromatic heterocycles. The Labute approximate surface area is 125 Å². The molecule has 2 N–H and O–H groups in total. The maximum Gasteiger partial charge on any atom is 0.220 e. The summed E-state index contributed by atoms with van der Waals surface area (Å²) in [7, 11) is 0. The third kappa shape index (κ3) is 9.35. The highest BCUT2D eigenvalue weighted by Gasteiger charge is 2.14. The second-order valence-electron chi connectivity index (χ2n) is 6.68. The van der Waals surface area contributed by atoms with E-state index >= 15 is 0 Å². The fourth-order valence-corrected chi connectivity index (χ4v) is 2.85. The molecule has 1 aliphatic rings. The van der Waals surface area contributed by atoms with Crippen LogP contribution in [0.4, 0.5) is 0 Å². The lowest BCUT2D eigenvalue weighted by Crippen LogP contribution is -2.29. The van der Waals surface area contributed by atoms with Crippen molar-refractivity contribution in [3.05, 3.63) is 0 Å². The first-order valence-electron chi connectivity index (χ1n) is 8.66. The summed E-state index contributed by atoms with van der Waals surface area (Å²) in [4.78, 5) is 11.7. The van der Waals surface area contributed by atoms with Gasteiger partial charge in [0.15, 0.2) is 0 Å². The number of carbonyl (C=O) groups is 1. The lowest BCUT2D eigenvalue weighted by Gasteiger charge is -2.22. The summed E-state index contributed by atoms with van der Waals surface area (Å²) in [5.74, 6) is 1.84. The number of piperidine rings is 1. The average Bonchev–Trinajstić information content (AvgIpc) is 2.45. The van der Waals surface area contributed by atoms with Crippen molar-refractivity contribution in [1.29, 1.82) is 0 Å². The highest BCUT2D eigenvalue weighted by molar-refractivity contribution is 5.75. The molecular weight excluding hydrogens is 248 g/mol. The molecular formula is C17H34N2O. The Bertz CT molecular complexity index is 247. The molecule has 0 radical (unpaired) electrons. The molecule has 0 bridgehead atoms. The predicted molar refractivity (Wildman–Crippen MR) is 85.8 cm³/mol. The number of nitrogens with one attached hydrogen (secondary N) is 2. The SMILES string of the molecule is CC(C)CCCCCCNC(=O)CCC1CCNCC1. The standard InChI is InChI=1S/C17H34N2O/c1-15(2)7-5-3-4-6-12-19-17(20)9-8-16-10-13-18-14-11-16/h15-16,18H,3-14H2,1-2H3,(H,19,20). The van der Waals surface area contributed by atoms with Crippen molar-refractivity contribution >= 4 is 5.91 Å². The van der Waals surface area contributed by atoms with Gasteiger partial charge in [0.05, 0.1) is 0 Å². The highest BCUT2D eigenvalue weighted by Crippen LogP contribution is 2.17. The van der Waals surface area contributed by atoms with Crippen molar-refractivity contribution in [1.82, 2.24) is 10.6 Å². The Kier molecular flexibility index (Phi) is 9.73. The molecule has 20 heavy (non-hydrogen) atoms. The van der Waals surface area contributed by atoms with Crippen LogP contribution >= 0.6 is 0 Å². The molecule has 3 heteroatoms. The minimum absolute atomic E-state index is 0.255. The van der Waals surface area contributed by atoms with Gasteiger partial charge in [-0.05, 0) is 50.6 Å². The monoisotopic (exact) mass is 282 g/mol. The van der Waals surface area contributed by atoms with Crippen LogP contribution in [0.25, 0.3) is 0 Å². The normalized spacial score (nSPS) is 16.6. The van der Waals surface area contributed by atoms with Crippen LogP contribution in [0, 0.1) is 11.8 Å². The molecule has 0 atom stereocenters. The molecule has 0 aromatic carbocycles. The van der Waals surface area contributed by atoms with Crippen molar-refractivity contribution in [2.75, 3.05) is 19.6 Å². The van der Waals surface area contributed by atoms with E-state index in [2.05, 4.69) is 24.5 Å². The van der Waals surface area contributed by atoms with E-state index in [1.807, 2.05) is 0 Å². The fraction of sp³-hybridized carbons (Fsp3) is 0.941. The topological polar surface area (TPSA) is 41.1 Å². The van der Waals surface area contributed by atoms with Crippen LogP contribution in [-0.2, 0) is 4.79 Å². The van der Waals surface area contributed by atoms with Crippen molar-refractivity contribution < 1.29 is 4.79 Å². The van der Waals surface area contributed by atoms with Crippen LogP contribution in [0.3, 0.4) is 0 Å². The number of hydrogen-bond acceptors (Lipinski definition) is 2. The van der Waals surface area contributed by atoms with Crippen LogP contribution in [-0.4, -0.2) is 25.5 Å². The zero-order valence-corrected chi connectivity index (χ0v) is 13.5. The van der Waals surface area contributed by atoms with E-state index in [0.29, 0.717) is 0 Å². The van der Waals surface area contributed by atoms with Crippen molar-refractivity contribution in [2.45, 2.75) is 71.6 Å². The molecule has 1 rings (SSSR count). The van der Waals surface area contributed by atoms with Crippen LogP contribution in [0.1, 0.15) is 71.6 Å². The number of hydrogen-bond donors (Lipinski definition) is 2. The molecule has 0 aliphatic carbocycles. The quantitative estimate of drug-likeness (QED) is 0.602. The van der Waals surface area contributed by atoms with Gasteiger partial charge in [-0.2, -0.15) is 0 Å². The van der Waals surface area contributed by atoms with Crippen LogP contribution in [0.5, 0.6) is 0 Å². The Morgan fingerprint density at radius 3 is 2.55 bits per heavy atom. The highest BCUT2D eigenvalue weighted by atomic mass is 16.1. The molecule has 1 amide bonds. The van der Waals surface area contributed by atoms with Gasteiger partial charge in [-0.15, -0.1) is 0 Å². The molecule has 1 saturated heterocycles. The molecule has 118 valence electrons. The van der Waals surface area contributed by atoms with Crippen molar-refractivity contribution in [3.8, 4) is 0 Å². The summed E-state index contributed by atoms with van der Waals surface area (Å²) in [5.41, 5.74) is 0. The third-order valence-corrected chi connectivity index (χ3v) is 4.27. The van der Waals surface area contributed by atoms with Gasteiger partial charge >= 0.3 is 0 Å². The van der Waals surface area contributed by atoms with Crippen molar-refractivity contribution in [2.24, 2.45) is 11.8 Å². The number of carbonyl (C=O) groups excluding carboxylic acids is 1. The molecule has 0 unspecified atom stereocenters. The minimum atomic E-state index is 0.255. The maximum absolute atomic E-state index is 11.7. The van der Waals surface area contributed by atoms with Crippen LogP contribution in [0.2, 0.25) is 0 Å². The van der Waals surface area contributed by atoms with Gasteiger partial charge < -0.3 is 10.6 Å². The zero-order valence-electron chi connectivity index (χ0n) is 13.5. The first-order valence-corrected chi connectivity index (χ1v) is 8.66. The summed E-state index contributed by atoms with van der Waals surface area (Å²) >= 11 is 0. The van der Waals surface area contributed by atoms with E-state index < -0.39 is 0 Å². The van der Waals surface area contributed by atoms with Gasteiger partial charge in [-0.3, -0.25) is 4.79 Å². The first-order chi connectivity index (χ1) is 9.68. The second kappa shape index (κ2) is 11.1. The third-order valence-electron chi connectivity index (χ3n) is 4.27. The van der Waals surface area contributed by atoms with Gasteiger partial charge in [0.25, 0.3) is 0 Å². The van der Waals surface area contributed by atoms with Gasteiger partial charge in [0.1, 0.15) is 0 Å². The van der Waals surface area contributed by atoms with E-state index in [-0.39, 0.29) is 5.91 Å². The fourth-order valence-electron chi connectivity index (χ4n) is 2.85.